The Morgan fingerprint density at radius 2 is 1.87 bits per heavy atom. The minimum Gasteiger partial charge on any atom is -0.481 e. The van der Waals surface area contributed by atoms with Crippen molar-refractivity contribution in [1.29, 1.82) is 0 Å². The fraction of sp³-hybridized carbons (Fsp3) is 0.200. The zero-order valence-corrected chi connectivity index (χ0v) is 17.6. The van der Waals surface area contributed by atoms with Crippen LogP contribution in [0.5, 0.6) is 5.88 Å². The molecule has 6 heteroatoms. The maximum Gasteiger partial charge on any atom is 0.323 e. The van der Waals surface area contributed by atoms with Crippen LogP contribution in [0.3, 0.4) is 0 Å². The normalized spacial score (nSPS) is 12.1. The minimum absolute atomic E-state index is 0.218. The van der Waals surface area contributed by atoms with Crippen molar-refractivity contribution >= 4 is 18.1 Å². The number of ether oxygens (including phenoxy) is 1. The first-order chi connectivity index (χ1) is 15.0. The van der Waals surface area contributed by atoms with Gasteiger partial charge in [0.05, 0.1) is 19.4 Å². The molecule has 0 bridgehead atoms. The summed E-state index contributed by atoms with van der Waals surface area (Å²) in [5.74, 6) is -0.700. The Morgan fingerprint density at radius 1 is 1.10 bits per heavy atom. The third-order valence-corrected chi connectivity index (χ3v) is 5.07. The van der Waals surface area contributed by atoms with Gasteiger partial charge in [-0.15, -0.1) is 0 Å². The third-order valence-electron chi connectivity index (χ3n) is 5.07. The third kappa shape index (κ3) is 5.57. The molecule has 0 amide bonds. The Bertz CT molecular complexity index is 1060. The van der Waals surface area contributed by atoms with Gasteiger partial charge < -0.3 is 14.9 Å². The molecule has 1 atom stereocenters. The molecule has 0 aliphatic rings. The SMILES string of the molecule is COc1nc(/C=C/c2cccc(-c3ccccc3)c2C)ccc1CNC(CO)C(=O)O. The Morgan fingerprint density at radius 3 is 2.55 bits per heavy atom. The summed E-state index contributed by atoms with van der Waals surface area (Å²) in [7, 11) is 1.52. The number of aliphatic hydroxyl groups is 1. The number of nitrogens with one attached hydrogen (secondary N) is 1. The molecule has 3 N–H and O–H groups in total. The first-order valence-electron chi connectivity index (χ1n) is 9.97. The van der Waals surface area contributed by atoms with Crippen molar-refractivity contribution in [2.45, 2.75) is 19.5 Å². The monoisotopic (exact) mass is 418 g/mol. The fourth-order valence-electron chi connectivity index (χ4n) is 3.29. The number of aliphatic carboxylic acids is 1. The van der Waals surface area contributed by atoms with E-state index >= 15 is 0 Å². The van der Waals surface area contributed by atoms with Crippen molar-refractivity contribution in [3.8, 4) is 17.0 Å². The van der Waals surface area contributed by atoms with Gasteiger partial charge in [-0.05, 0) is 41.3 Å². The molecule has 0 saturated heterocycles. The molecular formula is C25H26N2O4. The largest absolute Gasteiger partial charge is 0.481 e. The van der Waals surface area contributed by atoms with Crippen molar-refractivity contribution < 1.29 is 19.7 Å². The number of carboxylic acid groups (broad SMARTS) is 1. The average Bonchev–Trinajstić information content (AvgIpc) is 2.79. The maximum atomic E-state index is 11.0. The molecule has 0 spiro atoms. The number of hydrogen-bond donors (Lipinski definition) is 3. The zero-order valence-electron chi connectivity index (χ0n) is 17.6. The summed E-state index contributed by atoms with van der Waals surface area (Å²) >= 11 is 0. The summed E-state index contributed by atoms with van der Waals surface area (Å²) in [6.45, 7) is 1.83. The van der Waals surface area contributed by atoms with E-state index in [2.05, 4.69) is 41.5 Å². The molecule has 0 saturated carbocycles. The molecule has 31 heavy (non-hydrogen) atoms. The van der Waals surface area contributed by atoms with E-state index in [1.807, 2.05) is 48.6 Å². The summed E-state index contributed by atoms with van der Waals surface area (Å²) in [5.41, 5.74) is 6.08. The van der Waals surface area contributed by atoms with Crippen LogP contribution in [0.2, 0.25) is 0 Å². The molecule has 2 aromatic carbocycles. The van der Waals surface area contributed by atoms with Crippen LogP contribution in [-0.2, 0) is 11.3 Å². The second kappa shape index (κ2) is 10.5. The fourth-order valence-corrected chi connectivity index (χ4v) is 3.29. The van der Waals surface area contributed by atoms with E-state index in [1.54, 1.807) is 0 Å². The van der Waals surface area contributed by atoms with Crippen molar-refractivity contribution in [3.63, 3.8) is 0 Å². The van der Waals surface area contributed by atoms with Crippen molar-refractivity contribution in [3.05, 3.63) is 83.0 Å². The van der Waals surface area contributed by atoms with Gasteiger partial charge in [-0.1, -0.05) is 60.7 Å². The predicted octanol–water partition coefficient (Wildman–Crippen LogP) is 3.77. The Labute approximate surface area is 181 Å². The number of aromatic nitrogens is 1. The maximum absolute atomic E-state index is 11.0. The van der Waals surface area contributed by atoms with Crippen LogP contribution < -0.4 is 10.1 Å². The van der Waals surface area contributed by atoms with E-state index in [0.717, 1.165) is 11.3 Å². The molecule has 3 aromatic rings. The highest BCUT2D eigenvalue weighted by molar-refractivity contribution is 5.77. The number of carbonyl (C=O) groups is 1. The number of methoxy groups -OCH3 is 1. The summed E-state index contributed by atoms with van der Waals surface area (Å²) in [5, 5.41) is 21.0. The highest BCUT2D eigenvalue weighted by Gasteiger charge is 2.16. The lowest BCUT2D eigenvalue weighted by molar-refractivity contribution is -0.140. The van der Waals surface area contributed by atoms with Crippen molar-refractivity contribution in [1.82, 2.24) is 10.3 Å². The Balaban J connectivity index is 1.79. The molecule has 6 nitrogen and oxygen atoms in total. The first-order valence-corrected chi connectivity index (χ1v) is 9.97. The molecule has 1 aromatic heterocycles. The number of hydrogen-bond acceptors (Lipinski definition) is 5. The summed E-state index contributed by atoms with van der Waals surface area (Å²) in [6, 6.07) is 19.1. The Hall–Kier alpha value is -3.48. The van der Waals surface area contributed by atoms with Gasteiger partial charge in [-0.2, -0.15) is 0 Å². The number of nitrogens with zero attached hydrogens (tertiary/aromatic N) is 1. The molecule has 160 valence electrons. The number of carboxylic acids is 1. The molecule has 0 aliphatic carbocycles. The van der Waals surface area contributed by atoms with Gasteiger partial charge >= 0.3 is 5.97 Å². The highest BCUT2D eigenvalue weighted by Crippen LogP contribution is 2.26. The average molecular weight is 418 g/mol. The second-order valence-electron chi connectivity index (χ2n) is 7.08. The molecule has 0 aliphatic heterocycles. The lowest BCUT2D eigenvalue weighted by atomic mass is 9.96. The number of benzene rings is 2. The van der Waals surface area contributed by atoms with Gasteiger partial charge in [-0.3, -0.25) is 10.1 Å². The molecule has 1 unspecified atom stereocenters. The smallest absolute Gasteiger partial charge is 0.323 e. The van der Waals surface area contributed by atoms with Crippen LogP contribution in [0, 0.1) is 6.92 Å². The van der Waals surface area contributed by atoms with E-state index in [4.69, 9.17) is 14.9 Å². The van der Waals surface area contributed by atoms with Crippen LogP contribution in [0.4, 0.5) is 0 Å². The molecule has 0 fully saturated rings. The van der Waals surface area contributed by atoms with Crippen molar-refractivity contribution in [2.75, 3.05) is 13.7 Å². The topological polar surface area (TPSA) is 91.7 Å². The van der Waals surface area contributed by atoms with Crippen LogP contribution >= 0.6 is 0 Å². The lowest BCUT2D eigenvalue weighted by Crippen LogP contribution is -2.39. The van der Waals surface area contributed by atoms with Gasteiger partial charge in [0.25, 0.3) is 0 Å². The highest BCUT2D eigenvalue weighted by atomic mass is 16.5. The van der Waals surface area contributed by atoms with E-state index in [-0.39, 0.29) is 6.54 Å². The van der Waals surface area contributed by atoms with Crippen LogP contribution in [-0.4, -0.2) is 40.9 Å². The zero-order chi connectivity index (χ0) is 22.2. The van der Waals surface area contributed by atoms with E-state index in [9.17, 15) is 4.79 Å². The summed E-state index contributed by atoms with van der Waals surface area (Å²) in [6.07, 6.45) is 3.94. The van der Waals surface area contributed by atoms with Gasteiger partial charge in [-0.25, -0.2) is 4.98 Å². The second-order valence-corrected chi connectivity index (χ2v) is 7.08. The minimum atomic E-state index is -1.11. The summed E-state index contributed by atoms with van der Waals surface area (Å²) < 4.78 is 5.37. The van der Waals surface area contributed by atoms with Gasteiger partial charge in [0.15, 0.2) is 0 Å². The van der Waals surface area contributed by atoms with Gasteiger partial charge in [0.2, 0.25) is 5.88 Å². The Kier molecular flexibility index (Phi) is 7.54. The van der Waals surface area contributed by atoms with E-state index in [0.29, 0.717) is 11.4 Å². The predicted molar refractivity (Wildman–Crippen MR) is 122 cm³/mol. The van der Waals surface area contributed by atoms with Crippen LogP contribution in [0.25, 0.3) is 23.3 Å². The van der Waals surface area contributed by atoms with E-state index < -0.39 is 18.6 Å². The van der Waals surface area contributed by atoms with Crippen LogP contribution in [0.1, 0.15) is 22.4 Å². The van der Waals surface area contributed by atoms with Gasteiger partial charge in [0.1, 0.15) is 6.04 Å². The van der Waals surface area contributed by atoms with Gasteiger partial charge in [0, 0.05) is 12.1 Å². The molecule has 0 radical (unpaired) electrons. The summed E-state index contributed by atoms with van der Waals surface area (Å²) in [4.78, 5) is 15.5. The van der Waals surface area contributed by atoms with Crippen LogP contribution in [0.15, 0.2) is 60.7 Å². The molecule has 1 heterocycles. The standard InChI is InChI=1S/C25H26N2O4/c1-17-18(9-6-10-22(17)19-7-4-3-5-8-19)11-13-21-14-12-20(24(27-21)31-2)15-26-23(16-28)25(29)30/h3-14,23,26,28H,15-16H2,1-2H3,(H,29,30)/b13-11+. The lowest BCUT2D eigenvalue weighted by Gasteiger charge is -2.13. The van der Waals surface area contributed by atoms with E-state index in [1.165, 1.54) is 23.8 Å². The first kappa shape index (κ1) is 22.2. The number of rotatable bonds is 9. The number of pyridine rings is 1. The molecule has 3 rings (SSSR count). The number of aliphatic hydroxyl groups excluding tert-OH is 1. The quantitative estimate of drug-likeness (QED) is 0.490. The van der Waals surface area contributed by atoms with Crippen molar-refractivity contribution in [2.24, 2.45) is 0 Å². The molecular weight excluding hydrogens is 392 g/mol.